The number of likely N-dealkylation sites (tertiary alicyclic amines) is 1. The van der Waals surface area contributed by atoms with E-state index < -0.39 is 0 Å². The zero-order valence-corrected chi connectivity index (χ0v) is 20.5. The Labute approximate surface area is 193 Å². The molecular weight excluding hydrogens is 479 g/mol. The number of guanidine groups is 1. The van der Waals surface area contributed by atoms with Gasteiger partial charge in [-0.05, 0) is 63.4 Å². The number of hydrogen-bond acceptors (Lipinski definition) is 4. The molecule has 1 N–H and O–H groups in total. The van der Waals surface area contributed by atoms with Crippen molar-refractivity contribution in [2.24, 2.45) is 4.99 Å². The third-order valence-electron chi connectivity index (χ3n) is 6.00. The molecule has 2 heterocycles. The van der Waals surface area contributed by atoms with Crippen LogP contribution >= 0.6 is 24.0 Å². The van der Waals surface area contributed by atoms with Crippen LogP contribution in [0.5, 0.6) is 5.75 Å². The fourth-order valence-electron chi connectivity index (χ4n) is 4.29. The smallest absolute Gasteiger partial charge is 0.194 e. The van der Waals surface area contributed by atoms with Gasteiger partial charge in [0.2, 0.25) is 0 Å². The minimum atomic E-state index is 0. The first-order valence-corrected chi connectivity index (χ1v) is 10.6. The van der Waals surface area contributed by atoms with E-state index in [-0.39, 0.29) is 29.5 Å². The average Bonchev–Trinajstić information content (AvgIpc) is 3.28. The van der Waals surface area contributed by atoms with Gasteiger partial charge in [0, 0.05) is 38.9 Å². The van der Waals surface area contributed by atoms with Crippen LogP contribution in [-0.4, -0.2) is 74.8 Å². The number of halogens is 1. The first kappa shape index (κ1) is 24.2. The summed E-state index contributed by atoms with van der Waals surface area (Å²) in [5.74, 6) is 1.86. The third-order valence-corrected chi connectivity index (χ3v) is 6.00. The zero-order valence-electron chi connectivity index (χ0n) is 18.2. The molecule has 3 rings (SSSR count). The summed E-state index contributed by atoms with van der Waals surface area (Å²) in [5, 5.41) is 3.47. The van der Waals surface area contributed by atoms with E-state index in [1.54, 1.807) is 7.11 Å². The summed E-state index contributed by atoms with van der Waals surface area (Å²) in [6.45, 7) is 8.75. The summed E-state index contributed by atoms with van der Waals surface area (Å²) in [6, 6.07) is 8.25. The van der Waals surface area contributed by atoms with Crippen LogP contribution in [0.15, 0.2) is 29.3 Å². The maximum atomic E-state index is 5.67. The van der Waals surface area contributed by atoms with Crippen LogP contribution in [0.2, 0.25) is 0 Å². The van der Waals surface area contributed by atoms with Crippen LogP contribution in [0.4, 0.5) is 0 Å². The second kappa shape index (κ2) is 12.0. The molecule has 6 nitrogen and oxygen atoms in total. The topological polar surface area (TPSA) is 49.3 Å². The highest BCUT2D eigenvalue weighted by Gasteiger charge is 2.39. The van der Waals surface area contributed by atoms with Crippen LogP contribution < -0.4 is 10.1 Å². The van der Waals surface area contributed by atoms with Gasteiger partial charge >= 0.3 is 0 Å². The molecule has 0 radical (unpaired) electrons. The molecular formula is C22H37IN4O2. The van der Waals surface area contributed by atoms with Crippen LogP contribution in [0, 0.1) is 0 Å². The van der Waals surface area contributed by atoms with Crippen LogP contribution in [-0.2, 0) is 11.3 Å². The van der Waals surface area contributed by atoms with Gasteiger partial charge in [0.1, 0.15) is 5.75 Å². The molecule has 0 atom stereocenters. The van der Waals surface area contributed by atoms with Gasteiger partial charge in [0.25, 0.3) is 0 Å². The van der Waals surface area contributed by atoms with E-state index in [0.717, 1.165) is 57.4 Å². The predicted molar refractivity (Wildman–Crippen MR) is 129 cm³/mol. The Hall–Kier alpha value is -1.06. The largest absolute Gasteiger partial charge is 0.497 e. The lowest BCUT2D eigenvalue weighted by molar-refractivity contribution is -0.0139. The Morgan fingerprint density at radius 2 is 1.86 bits per heavy atom. The summed E-state index contributed by atoms with van der Waals surface area (Å²) in [4.78, 5) is 9.98. The predicted octanol–water partition coefficient (Wildman–Crippen LogP) is 3.36. The normalized spacial score (nSPS) is 19.5. The van der Waals surface area contributed by atoms with Crippen molar-refractivity contribution in [2.45, 2.75) is 44.7 Å². The molecule has 1 aromatic rings. The molecule has 2 fully saturated rings. The average molecular weight is 516 g/mol. The van der Waals surface area contributed by atoms with Gasteiger partial charge in [-0.2, -0.15) is 0 Å². The van der Waals surface area contributed by atoms with Crippen molar-refractivity contribution in [3.8, 4) is 5.75 Å². The lowest BCUT2D eigenvalue weighted by Crippen LogP contribution is -2.54. The number of methoxy groups -OCH3 is 1. The number of benzene rings is 1. The standard InChI is InChI=1S/C22H36N4O2.HI/c1-4-23-21(25(2)17-19-7-9-20(27-3)10-8-19)24-18-22(11-15-28-16-12-22)26-13-5-6-14-26;/h7-10H,4-6,11-18H2,1-3H3,(H,23,24);1H. The van der Waals surface area contributed by atoms with Gasteiger partial charge in [-0.25, -0.2) is 0 Å². The van der Waals surface area contributed by atoms with Gasteiger partial charge in [0.15, 0.2) is 5.96 Å². The van der Waals surface area contributed by atoms with E-state index in [1.807, 2.05) is 12.1 Å². The molecule has 0 aliphatic carbocycles. The molecule has 164 valence electrons. The zero-order chi connectivity index (χ0) is 19.8. The maximum Gasteiger partial charge on any atom is 0.194 e. The summed E-state index contributed by atoms with van der Waals surface area (Å²) < 4.78 is 10.9. The summed E-state index contributed by atoms with van der Waals surface area (Å²) in [7, 11) is 3.81. The van der Waals surface area contributed by atoms with Gasteiger partial charge in [-0.3, -0.25) is 9.89 Å². The molecule has 0 bridgehead atoms. The highest BCUT2D eigenvalue weighted by molar-refractivity contribution is 14.0. The monoisotopic (exact) mass is 516 g/mol. The molecule has 2 saturated heterocycles. The Balaban J connectivity index is 0.00000300. The van der Waals surface area contributed by atoms with Gasteiger partial charge in [-0.15, -0.1) is 24.0 Å². The Kier molecular flexibility index (Phi) is 9.98. The highest BCUT2D eigenvalue weighted by Crippen LogP contribution is 2.31. The van der Waals surface area contributed by atoms with E-state index in [0.29, 0.717) is 0 Å². The summed E-state index contributed by atoms with van der Waals surface area (Å²) in [6.07, 6.45) is 4.78. The fraction of sp³-hybridized carbons (Fsp3) is 0.682. The lowest BCUT2D eigenvalue weighted by atomic mass is 9.88. The fourth-order valence-corrected chi connectivity index (χ4v) is 4.29. The van der Waals surface area contributed by atoms with Gasteiger partial charge < -0.3 is 19.7 Å². The van der Waals surface area contributed by atoms with Crippen LogP contribution in [0.3, 0.4) is 0 Å². The number of rotatable bonds is 7. The van der Waals surface area contributed by atoms with Crippen LogP contribution in [0.1, 0.15) is 38.2 Å². The van der Waals surface area contributed by atoms with Crippen LogP contribution in [0.25, 0.3) is 0 Å². The van der Waals surface area contributed by atoms with E-state index in [1.165, 1.54) is 31.5 Å². The molecule has 0 unspecified atom stereocenters. The van der Waals surface area contributed by atoms with Crippen molar-refractivity contribution in [1.82, 2.24) is 15.1 Å². The SMILES string of the molecule is CCNC(=NCC1(N2CCCC2)CCOCC1)N(C)Cc1ccc(OC)cc1.I. The molecule has 2 aliphatic heterocycles. The Bertz CT molecular complexity index is 626. The molecule has 0 aromatic heterocycles. The molecule has 1 aromatic carbocycles. The minimum Gasteiger partial charge on any atom is -0.497 e. The molecule has 7 heteroatoms. The number of aliphatic imine (C=N–C) groups is 1. The molecule has 0 amide bonds. The number of nitrogens with zero attached hydrogens (tertiary/aromatic N) is 3. The van der Waals surface area contributed by atoms with E-state index in [2.05, 4.69) is 41.2 Å². The molecule has 2 aliphatic rings. The van der Waals surface area contributed by atoms with Crippen molar-refractivity contribution in [1.29, 1.82) is 0 Å². The maximum absolute atomic E-state index is 5.67. The van der Waals surface area contributed by atoms with Crippen molar-refractivity contribution >= 4 is 29.9 Å². The second-order valence-electron chi connectivity index (χ2n) is 7.91. The minimum absolute atomic E-state index is 0. The second-order valence-corrected chi connectivity index (χ2v) is 7.91. The quantitative estimate of drug-likeness (QED) is 0.342. The summed E-state index contributed by atoms with van der Waals surface area (Å²) in [5.41, 5.74) is 1.41. The molecule has 0 spiro atoms. The van der Waals surface area contributed by atoms with Crippen molar-refractivity contribution in [2.75, 3.05) is 53.6 Å². The van der Waals surface area contributed by atoms with Gasteiger partial charge in [-0.1, -0.05) is 12.1 Å². The number of hydrogen-bond donors (Lipinski definition) is 1. The third kappa shape index (κ3) is 6.46. The van der Waals surface area contributed by atoms with Crippen molar-refractivity contribution in [3.63, 3.8) is 0 Å². The first-order valence-electron chi connectivity index (χ1n) is 10.6. The van der Waals surface area contributed by atoms with Gasteiger partial charge in [0.05, 0.1) is 13.7 Å². The summed E-state index contributed by atoms with van der Waals surface area (Å²) >= 11 is 0. The van der Waals surface area contributed by atoms with Crippen molar-refractivity contribution < 1.29 is 9.47 Å². The highest BCUT2D eigenvalue weighted by atomic mass is 127. The van der Waals surface area contributed by atoms with Crippen molar-refractivity contribution in [3.05, 3.63) is 29.8 Å². The Morgan fingerprint density at radius 1 is 1.21 bits per heavy atom. The van der Waals surface area contributed by atoms with E-state index in [4.69, 9.17) is 14.5 Å². The molecule has 0 saturated carbocycles. The molecule has 29 heavy (non-hydrogen) atoms. The first-order chi connectivity index (χ1) is 13.7. The van der Waals surface area contributed by atoms with E-state index in [9.17, 15) is 0 Å². The van der Waals surface area contributed by atoms with E-state index >= 15 is 0 Å². The number of ether oxygens (including phenoxy) is 2. The lowest BCUT2D eigenvalue weighted by Gasteiger charge is -2.43. The number of nitrogens with one attached hydrogen (secondary N) is 1. The Morgan fingerprint density at radius 3 is 2.45 bits per heavy atom.